The molecule has 3 N–H and O–H groups in total. The molecule has 0 amide bonds. The molecule has 10 heavy (non-hydrogen) atoms. The van der Waals surface area contributed by atoms with Crippen LogP contribution >= 0.6 is 0 Å². The number of ether oxygens (including phenoxy) is 1. The van der Waals surface area contributed by atoms with Crippen molar-refractivity contribution in [3.05, 3.63) is 0 Å². The fourth-order valence-electron chi connectivity index (χ4n) is 0.906. The lowest BCUT2D eigenvalue weighted by molar-refractivity contribution is -0.0207. The Bertz CT molecular complexity index is 106. The van der Waals surface area contributed by atoms with Crippen molar-refractivity contribution in [1.29, 1.82) is 0 Å². The van der Waals surface area contributed by atoms with Gasteiger partial charge in [-0.05, 0) is 33.1 Å². The molecule has 2 atom stereocenters. The SMILES string of the molecule is CC1CC1OC(C)(C)C.N. The van der Waals surface area contributed by atoms with E-state index in [0.717, 1.165) is 5.92 Å². The highest BCUT2D eigenvalue weighted by molar-refractivity contribution is 4.85. The molecule has 1 fully saturated rings. The van der Waals surface area contributed by atoms with Crippen LogP contribution in [0.3, 0.4) is 0 Å². The number of hydrogen-bond acceptors (Lipinski definition) is 2. The van der Waals surface area contributed by atoms with Crippen LogP contribution < -0.4 is 6.15 Å². The second-order valence-corrected chi connectivity index (χ2v) is 3.98. The third-order valence-corrected chi connectivity index (χ3v) is 1.54. The van der Waals surface area contributed by atoms with E-state index in [9.17, 15) is 0 Å². The van der Waals surface area contributed by atoms with Gasteiger partial charge in [-0.3, -0.25) is 0 Å². The Kier molecular flexibility index (Phi) is 2.86. The van der Waals surface area contributed by atoms with Crippen molar-refractivity contribution in [2.24, 2.45) is 5.92 Å². The van der Waals surface area contributed by atoms with Gasteiger partial charge in [0.2, 0.25) is 0 Å². The molecule has 2 unspecified atom stereocenters. The maximum atomic E-state index is 5.66. The van der Waals surface area contributed by atoms with Gasteiger partial charge in [0.05, 0.1) is 11.7 Å². The van der Waals surface area contributed by atoms with Crippen LogP contribution in [-0.4, -0.2) is 11.7 Å². The molecule has 0 radical (unpaired) electrons. The molecule has 62 valence electrons. The third kappa shape index (κ3) is 3.18. The van der Waals surface area contributed by atoms with Gasteiger partial charge in [0.1, 0.15) is 0 Å². The molecule has 0 saturated heterocycles. The van der Waals surface area contributed by atoms with Gasteiger partial charge in [-0.1, -0.05) is 6.92 Å². The Morgan fingerprint density at radius 3 is 1.80 bits per heavy atom. The van der Waals surface area contributed by atoms with Crippen LogP contribution in [0.2, 0.25) is 0 Å². The van der Waals surface area contributed by atoms with E-state index in [1.807, 2.05) is 0 Å². The largest absolute Gasteiger partial charge is 0.372 e. The normalized spacial score (nSPS) is 31.2. The van der Waals surface area contributed by atoms with E-state index in [1.54, 1.807) is 0 Å². The van der Waals surface area contributed by atoms with Gasteiger partial charge >= 0.3 is 0 Å². The van der Waals surface area contributed by atoms with E-state index in [2.05, 4.69) is 27.7 Å². The first-order valence-corrected chi connectivity index (χ1v) is 3.67. The van der Waals surface area contributed by atoms with E-state index >= 15 is 0 Å². The lowest BCUT2D eigenvalue weighted by Crippen LogP contribution is -2.20. The van der Waals surface area contributed by atoms with Gasteiger partial charge in [0.25, 0.3) is 0 Å². The van der Waals surface area contributed by atoms with Crippen molar-refractivity contribution < 1.29 is 4.74 Å². The number of hydrogen-bond donors (Lipinski definition) is 1. The zero-order chi connectivity index (χ0) is 7.07. The molecular formula is C8H19NO. The fourth-order valence-corrected chi connectivity index (χ4v) is 0.906. The molecule has 2 heteroatoms. The first-order chi connectivity index (χ1) is 3.99. The fraction of sp³-hybridized carbons (Fsp3) is 1.00. The van der Waals surface area contributed by atoms with Crippen molar-refractivity contribution >= 4 is 0 Å². The van der Waals surface area contributed by atoms with Gasteiger partial charge in [0, 0.05) is 0 Å². The zero-order valence-corrected chi connectivity index (χ0v) is 7.48. The first kappa shape index (κ1) is 9.92. The highest BCUT2D eigenvalue weighted by Crippen LogP contribution is 2.35. The molecule has 1 saturated carbocycles. The van der Waals surface area contributed by atoms with Crippen LogP contribution in [0.15, 0.2) is 0 Å². The molecule has 0 aromatic rings. The lowest BCUT2D eigenvalue weighted by Gasteiger charge is -2.19. The third-order valence-electron chi connectivity index (χ3n) is 1.54. The van der Waals surface area contributed by atoms with Crippen LogP contribution in [0, 0.1) is 5.92 Å². The quantitative estimate of drug-likeness (QED) is 0.615. The summed E-state index contributed by atoms with van der Waals surface area (Å²) in [5, 5.41) is 0. The molecule has 0 aromatic carbocycles. The second kappa shape index (κ2) is 2.89. The predicted octanol–water partition coefficient (Wildman–Crippen LogP) is 2.37. The Balaban J connectivity index is 0.000000810. The van der Waals surface area contributed by atoms with Crippen LogP contribution in [0.4, 0.5) is 0 Å². The van der Waals surface area contributed by atoms with Crippen LogP contribution in [0.1, 0.15) is 34.1 Å². The molecule has 1 aliphatic rings. The average Bonchev–Trinajstić information content (AvgIpc) is 2.13. The average molecular weight is 145 g/mol. The van der Waals surface area contributed by atoms with E-state index < -0.39 is 0 Å². The van der Waals surface area contributed by atoms with Crippen molar-refractivity contribution in [3.8, 4) is 0 Å². The minimum Gasteiger partial charge on any atom is -0.372 e. The maximum Gasteiger partial charge on any atom is 0.0612 e. The van der Waals surface area contributed by atoms with Gasteiger partial charge in [-0.15, -0.1) is 0 Å². The Labute approximate surface area is 63.5 Å². The van der Waals surface area contributed by atoms with E-state index in [-0.39, 0.29) is 11.8 Å². The maximum absolute atomic E-state index is 5.66. The molecule has 1 rings (SSSR count). The predicted molar refractivity (Wildman–Crippen MR) is 43.4 cm³/mol. The summed E-state index contributed by atoms with van der Waals surface area (Å²) in [4.78, 5) is 0. The molecular weight excluding hydrogens is 126 g/mol. The van der Waals surface area contributed by atoms with Crippen LogP contribution in [0.5, 0.6) is 0 Å². The van der Waals surface area contributed by atoms with Crippen LogP contribution in [0.25, 0.3) is 0 Å². The van der Waals surface area contributed by atoms with Gasteiger partial charge in [-0.2, -0.15) is 0 Å². The van der Waals surface area contributed by atoms with Gasteiger partial charge in [-0.25, -0.2) is 0 Å². The zero-order valence-electron chi connectivity index (χ0n) is 7.48. The molecule has 0 aliphatic heterocycles. The summed E-state index contributed by atoms with van der Waals surface area (Å²) in [6, 6.07) is 0. The van der Waals surface area contributed by atoms with Crippen LogP contribution in [-0.2, 0) is 4.74 Å². The smallest absolute Gasteiger partial charge is 0.0612 e. The summed E-state index contributed by atoms with van der Waals surface area (Å²) in [6.07, 6.45) is 1.82. The molecule has 0 heterocycles. The lowest BCUT2D eigenvalue weighted by atomic mass is 10.2. The number of rotatable bonds is 1. The Morgan fingerprint density at radius 1 is 1.30 bits per heavy atom. The van der Waals surface area contributed by atoms with Crippen molar-refractivity contribution in [2.75, 3.05) is 0 Å². The Morgan fingerprint density at radius 2 is 1.70 bits per heavy atom. The van der Waals surface area contributed by atoms with Crippen molar-refractivity contribution in [3.63, 3.8) is 0 Å². The minimum absolute atomic E-state index is 0. The topological polar surface area (TPSA) is 44.2 Å². The first-order valence-electron chi connectivity index (χ1n) is 3.67. The molecule has 0 aromatic heterocycles. The van der Waals surface area contributed by atoms with E-state index in [1.165, 1.54) is 6.42 Å². The van der Waals surface area contributed by atoms with E-state index in [4.69, 9.17) is 4.74 Å². The standard InChI is InChI=1S/C8H16O.H3N/c1-6-5-7(6)9-8(2,3)4;/h6-7H,5H2,1-4H3;1H3. The second-order valence-electron chi connectivity index (χ2n) is 3.98. The molecule has 0 bridgehead atoms. The Hall–Kier alpha value is -0.0800. The van der Waals surface area contributed by atoms with E-state index in [0.29, 0.717) is 6.10 Å². The van der Waals surface area contributed by atoms with Crippen molar-refractivity contribution in [2.45, 2.75) is 45.8 Å². The monoisotopic (exact) mass is 145 g/mol. The van der Waals surface area contributed by atoms with Crippen molar-refractivity contribution in [1.82, 2.24) is 6.15 Å². The minimum atomic E-state index is 0. The molecule has 1 aliphatic carbocycles. The molecule has 0 spiro atoms. The summed E-state index contributed by atoms with van der Waals surface area (Å²) >= 11 is 0. The van der Waals surface area contributed by atoms with Gasteiger partial charge in [0.15, 0.2) is 0 Å². The summed E-state index contributed by atoms with van der Waals surface area (Å²) in [5.74, 6) is 0.809. The summed E-state index contributed by atoms with van der Waals surface area (Å²) in [6.45, 7) is 8.56. The molecule has 2 nitrogen and oxygen atoms in total. The summed E-state index contributed by atoms with van der Waals surface area (Å²) in [7, 11) is 0. The highest BCUT2D eigenvalue weighted by atomic mass is 16.5. The van der Waals surface area contributed by atoms with Gasteiger partial charge < -0.3 is 10.9 Å². The summed E-state index contributed by atoms with van der Waals surface area (Å²) < 4.78 is 5.66. The summed E-state index contributed by atoms with van der Waals surface area (Å²) in [5.41, 5.74) is 0.0649. The highest BCUT2D eigenvalue weighted by Gasteiger charge is 2.36.